The Morgan fingerprint density at radius 2 is 0.780 bits per heavy atom. The van der Waals surface area contributed by atoms with Gasteiger partial charge in [0.15, 0.2) is 0 Å². The van der Waals surface area contributed by atoms with Gasteiger partial charge in [0, 0.05) is 21.8 Å². The van der Waals surface area contributed by atoms with Gasteiger partial charge in [-0.2, -0.15) is 0 Å². The molecule has 0 aliphatic rings. The van der Waals surface area contributed by atoms with Gasteiger partial charge >= 0.3 is 0 Å². The first kappa shape index (κ1) is 23.5. The van der Waals surface area contributed by atoms with Crippen molar-refractivity contribution in [3.05, 3.63) is 164 Å². The minimum absolute atomic E-state index is 1.18. The number of para-hydroxylation sites is 2. The van der Waals surface area contributed by atoms with Crippen molar-refractivity contribution in [3.63, 3.8) is 0 Å². The molecule has 7 aromatic carbocycles. The molecule has 0 spiro atoms. The summed E-state index contributed by atoms with van der Waals surface area (Å²) in [7, 11) is 0. The number of fused-ring (bicyclic) bond motifs is 5. The average molecular weight is 522 g/mol. The van der Waals surface area contributed by atoms with E-state index in [1.807, 2.05) is 0 Å². The Morgan fingerprint density at radius 1 is 0.317 bits per heavy atom. The Morgan fingerprint density at radius 3 is 1.41 bits per heavy atom. The van der Waals surface area contributed by atoms with Crippen molar-refractivity contribution >= 4 is 32.6 Å². The highest BCUT2D eigenvalue weighted by molar-refractivity contribution is 6.22. The van der Waals surface area contributed by atoms with E-state index in [4.69, 9.17) is 0 Å². The fraction of sp³-hybridized carbons (Fsp3) is 0. The van der Waals surface area contributed by atoms with Gasteiger partial charge in [0.1, 0.15) is 0 Å². The summed E-state index contributed by atoms with van der Waals surface area (Å²) in [4.78, 5) is 0. The van der Waals surface area contributed by atoms with E-state index in [0.717, 1.165) is 0 Å². The van der Waals surface area contributed by atoms with Gasteiger partial charge in [-0.25, -0.2) is 0 Å². The molecule has 0 bridgehead atoms. The lowest BCUT2D eigenvalue weighted by Gasteiger charge is -2.13. The van der Waals surface area contributed by atoms with E-state index in [0.29, 0.717) is 0 Å². The van der Waals surface area contributed by atoms with E-state index in [2.05, 4.69) is 168 Å². The Hall–Kier alpha value is -5.40. The maximum Gasteiger partial charge on any atom is 0.0619 e. The van der Waals surface area contributed by atoms with Crippen LogP contribution in [0.3, 0.4) is 0 Å². The van der Waals surface area contributed by atoms with Crippen molar-refractivity contribution in [2.45, 2.75) is 0 Å². The molecule has 0 amide bonds. The van der Waals surface area contributed by atoms with Crippen molar-refractivity contribution in [1.82, 2.24) is 4.57 Å². The van der Waals surface area contributed by atoms with Crippen LogP contribution in [0.15, 0.2) is 164 Å². The third-order valence-electron chi connectivity index (χ3n) is 8.21. The maximum absolute atomic E-state index is 2.42. The van der Waals surface area contributed by atoms with Crippen LogP contribution in [0, 0.1) is 0 Å². The molecule has 0 N–H and O–H groups in total. The van der Waals surface area contributed by atoms with E-state index < -0.39 is 0 Å². The van der Waals surface area contributed by atoms with E-state index in [1.54, 1.807) is 0 Å². The van der Waals surface area contributed by atoms with Gasteiger partial charge in [0.05, 0.1) is 11.0 Å². The number of aromatic nitrogens is 1. The molecule has 0 saturated heterocycles. The molecule has 0 atom stereocenters. The van der Waals surface area contributed by atoms with Crippen molar-refractivity contribution in [1.29, 1.82) is 0 Å². The standard InChI is InChI=1S/C40H27N/c1-3-11-28(12-4-1)29-19-21-30(22-20-29)31-23-25-32(26-24-31)37-27-38-35-16-9-10-18-39(35)41(33-13-5-2-6-14-33)40(38)36-17-8-7-15-34(36)37/h1-27H. The molecule has 0 saturated carbocycles. The lowest BCUT2D eigenvalue weighted by Crippen LogP contribution is -1.94. The van der Waals surface area contributed by atoms with Crippen LogP contribution in [-0.2, 0) is 0 Å². The summed E-state index contributed by atoms with van der Waals surface area (Å²) < 4.78 is 2.42. The van der Waals surface area contributed by atoms with Crippen molar-refractivity contribution in [3.8, 4) is 39.1 Å². The molecule has 1 nitrogen and oxygen atoms in total. The molecule has 8 aromatic rings. The van der Waals surface area contributed by atoms with E-state index in [9.17, 15) is 0 Å². The van der Waals surface area contributed by atoms with Crippen LogP contribution in [0.4, 0.5) is 0 Å². The van der Waals surface area contributed by atoms with Crippen LogP contribution in [0.1, 0.15) is 0 Å². The Kier molecular flexibility index (Phi) is 5.53. The fourth-order valence-corrected chi connectivity index (χ4v) is 6.24. The fourth-order valence-electron chi connectivity index (χ4n) is 6.24. The first-order valence-corrected chi connectivity index (χ1v) is 14.1. The summed E-state index contributed by atoms with van der Waals surface area (Å²) in [6.07, 6.45) is 0. The molecule has 41 heavy (non-hydrogen) atoms. The smallest absolute Gasteiger partial charge is 0.0619 e. The van der Waals surface area contributed by atoms with Crippen LogP contribution in [-0.4, -0.2) is 4.57 Å². The molecule has 192 valence electrons. The monoisotopic (exact) mass is 521 g/mol. The molecule has 0 radical (unpaired) electrons. The zero-order chi connectivity index (χ0) is 27.2. The third kappa shape index (κ3) is 3.94. The van der Waals surface area contributed by atoms with E-state index in [-0.39, 0.29) is 0 Å². The number of rotatable bonds is 4. The molecule has 8 rings (SSSR count). The first-order chi connectivity index (χ1) is 20.3. The second kappa shape index (κ2) is 9.66. The van der Waals surface area contributed by atoms with Gasteiger partial charge in [-0.15, -0.1) is 0 Å². The lowest BCUT2D eigenvalue weighted by atomic mass is 9.93. The van der Waals surface area contributed by atoms with Gasteiger partial charge in [-0.05, 0) is 63.0 Å². The second-order valence-corrected chi connectivity index (χ2v) is 10.6. The van der Waals surface area contributed by atoms with Crippen LogP contribution < -0.4 is 0 Å². The topological polar surface area (TPSA) is 4.93 Å². The van der Waals surface area contributed by atoms with E-state index in [1.165, 1.54) is 71.6 Å². The zero-order valence-corrected chi connectivity index (χ0v) is 22.5. The first-order valence-electron chi connectivity index (χ1n) is 14.1. The molecule has 0 fully saturated rings. The number of hydrogen-bond acceptors (Lipinski definition) is 0. The van der Waals surface area contributed by atoms with Gasteiger partial charge in [-0.3, -0.25) is 0 Å². The lowest BCUT2D eigenvalue weighted by molar-refractivity contribution is 1.19. The number of benzene rings is 7. The summed E-state index contributed by atoms with van der Waals surface area (Å²) in [5.74, 6) is 0. The molecular formula is C40H27N. The predicted octanol–water partition coefficient (Wildman–Crippen LogP) is 10.9. The minimum Gasteiger partial charge on any atom is -0.309 e. The average Bonchev–Trinajstić information content (AvgIpc) is 3.40. The molecule has 0 aliphatic heterocycles. The van der Waals surface area contributed by atoms with Crippen molar-refractivity contribution in [2.24, 2.45) is 0 Å². The van der Waals surface area contributed by atoms with Gasteiger partial charge in [0.25, 0.3) is 0 Å². The molecule has 1 aromatic heterocycles. The highest BCUT2D eigenvalue weighted by Gasteiger charge is 2.17. The molecule has 0 aliphatic carbocycles. The largest absolute Gasteiger partial charge is 0.309 e. The highest BCUT2D eigenvalue weighted by Crippen LogP contribution is 2.41. The van der Waals surface area contributed by atoms with Crippen molar-refractivity contribution in [2.75, 3.05) is 0 Å². The maximum atomic E-state index is 2.42. The summed E-state index contributed by atoms with van der Waals surface area (Å²) in [6, 6.07) is 59.1. The zero-order valence-electron chi connectivity index (χ0n) is 22.5. The van der Waals surface area contributed by atoms with E-state index >= 15 is 0 Å². The molecule has 1 heteroatoms. The normalized spacial score (nSPS) is 11.4. The quantitative estimate of drug-likeness (QED) is 0.217. The van der Waals surface area contributed by atoms with Crippen molar-refractivity contribution < 1.29 is 0 Å². The highest BCUT2D eigenvalue weighted by atomic mass is 15.0. The van der Waals surface area contributed by atoms with Crippen LogP contribution >= 0.6 is 0 Å². The second-order valence-electron chi connectivity index (χ2n) is 10.6. The third-order valence-corrected chi connectivity index (χ3v) is 8.21. The van der Waals surface area contributed by atoms with Gasteiger partial charge < -0.3 is 4.57 Å². The Bertz CT molecular complexity index is 2150. The van der Waals surface area contributed by atoms with Crippen LogP contribution in [0.25, 0.3) is 71.6 Å². The minimum atomic E-state index is 1.18. The van der Waals surface area contributed by atoms with Crippen LogP contribution in [0.2, 0.25) is 0 Å². The summed E-state index contributed by atoms with van der Waals surface area (Å²) in [6.45, 7) is 0. The van der Waals surface area contributed by atoms with Gasteiger partial charge in [-0.1, -0.05) is 140 Å². The Labute approximate surface area is 239 Å². The Balaban J connectivity index is 1.27. The predicted molar refractivity (Wildman–Crippen MR) is 175 cm³/mol. The van der Waals surface area contributed by atoms with Crippen LogP contribution in [0.5, 0.6) is 0 Å². The number of hydrogen-bond donors (Lipinski definition) is 0. The van der Waals surface area contributed by atoms with Gasteiger partial charge in [0.2, 0.25) is 0 Å². The SMILES string of the molecule is c1ccc(-c2ccc(-c3ccc(-c4cc5c6ccccc6n(-c6ccccc6)c5c5ccccc45)cc3)cc2)cc1. The molecule has 1 heterocycles. The summed E-state index contributed by atoms with van der Waals surface area (Å²) in [5, 5.41) is 5.08. The molecule has 0 unspecified atom stereocenters. The molecular weight excluding hydrogens is 494 g/mol. The summed E-state index contributed by atoms with van der Waals surface area (Å²) >= 11 is 0. The number of nitrogens with zero attached hydrogens (tertiary/aromatic N) is 1. The summed E-state index contributed by atoms with van der Waals surface area (Å²) in [5.41, 5.74) is 11.1.